The SMILES string of the molecule is C/C(=C/c1ccc(C2CC2C)o1)CBr. The van der Waals surface area contributed by atoms with Crippen LogP contribution in [0.4, 0.5) is 0 Å². The Morgan fingerprint density at radius 3 is 2.93 bits per heavy atom. The molecule has 1 fully saturated rings. The van der Waals surface area contributed by atoms with Crippen LogP contribution in [0.3, 0.4) is 0 Å². The second kappa shape index (κ2) is 3.93. The van der Waals surface area contributed by atoms with Crippen LogP contribution >= 0.6 is 15.9 Å². The standard InChI is InChI=1S/C12H15BrO/c1-8(7-13)5-10-3-4-12(14-10)11-6-9(11)2/h3-5,9,11H,6-7H2,1-2H3/b8-5-. The molecule has 0 amide bonds. The molecule has 2 atom stereocenters. The van der Waals surface area contributed by atoms with Gasteiger partial charge < -0.3 is 4.42 Å². The third-order valence-corrected chi connectivity index (χ3v) is 3.61. The lowest BCUT2D eigenvalue weighted by molar-refractivity contribution is 0.497. The minimum absolute atomic E-state index is 0.682. The first kappa shape index (κ1) is 10.0. The summed E-state index contributed by atoms with van der Waals surface area (Å²) in [4.78, 5) is 0. The molecule has 1 heterocycles. The summed E-state index contributed by atoms with van der Waals surface area (Å²) in [5.74, 6) is 3.64. The molecule has 2 unspecified atom stereocenters. The molecule has 1 aromatic heterocycles. The van der Waals surface area contributed by atoms with E-state index >= 15 is 0 Å². The molecule has 0 aliphatic heterocycles. The van der Waals surface area contributed by atoms with Gasteiger partial charge in [0.25, 0.3) is 0 Å². The van der Waals surface area contributed by atoms with Crippen molar-refractivity contribution < 1.29 is 4.42 Å². The van der Waals surface area contributed by atoms with Crippen LogP contribution in [-0.2, 0) is 0 Å². The molecule has 0 spiro atoms. The molecule has 1 aromatic rings. The summed E-state index contributed by atoms with van der Waals surface area (Å²) in [5, 5.41) is 0.906. The second-order valence-corrected chi connectivity index (χ2v) is 4.74. The number of halogens is 1. The van der Waals surface area contributed by atoms with E-state index in [4.69, 9.17) is 4.42 Å². The Bertz CT molecular complexity index is 351. The zero-order valence-corrected chi connectivity index (χ0v) is 10.2. The Kier molecular flexibility index (Phi) is 2.82. The molecule has 1 aliphatic rings. The van der Waals surface area contributed by atoms with Gasteiger partial charge in [0, 0.05) is 11.2 Å². The molecule has 0 bridgehead atoms. The minimum atomic E-state index is 0.682. The summed E-state index contributed by atoms with van der Waals surface area (Å²) >= 11 is 3.42. The van der Waals surface area contributed by atoms with Crippen LogP contribution in [0.15, 0.2) is 22.1 Å². The Morgan fingerprint density at radius 2 is 2.36 bits per heavy atom. The molecule has 1 aliphatic carbocycles. The fraction of sp³-hybridized carbons (Fsp3) is 0.500. The Balaban J connectivity index is 2.10. The first-order chi connectivity index (χ1) is 6.70. The molecular weight excluding hydrogens is 240 g/mol. The summed E-state index contributed by atoms with van der Waals surface area (Å²) in [6, 6.07) is 4.17. The Hall–Kier alpha value is -0.500. The molecule has 2 rings (SSSR count). The summed E-state index contributed by atoms with van der Waals surface area (Å²) in [5.41, 5.74) is 1.29. The molecular formula is C12H15BrO. The van der Waals surface area contributed by atoms with Crippen molar-refractivity contribution in [2.45, 2.75) is 26.2 Å². The van der Waals surface area contributed by atoms with E-state index in [0.29, 0.717) is 5.92 Å². The van der Waals surface area contributed by atoms with Gasteiger partial charge in [-0.3, -0.25) is 0 Å². The number of hydrogen-bond donors (Lipinski definition) is 0. The Morgan fingerprint density at radius 1 is 1.64 bits per heavy atom. The summed E-state index contributed by atoms with van der Waals surface area (Å²) in [6.07, 6.45) is 3.37. The van der Waals surface area contributed by atoms with Crippen molar-refractivity contribution in [1.29, 1.82) is 0 Å². The normalized spacial score (nSPS) is 26.6. The van der Waals surface area contributed by atoms with Crippen molar-refractivity contribution in [3.63, 3.8) is 0 Å². The van der Waals surface area contributed by atoms with E-state index in [9.17, 15) is 0 Å². The topological polar surface area (TPSA) is 13.1 Å². The highest BCUT2D eigenvalue weighted by Gasteiger charge is 2.36. The zero-order chi connectivity index (χ0) is 10.1. The fourth-order valence-corrected chi connectivity index (χ4v) is 1.81. The van der Waals surface area contributed by atoms with Crippen molar-refractivity contribution in [3.8, 4) is 0 Å². The van der Waals surface area contributed by atoms with Gasteiger partial charge in [0.15, 0.2) is 0 Å². The van der Waals surface area contributed by atoms with Gasteiger partial charge in [0.1, 0.15) is 11.5 Å². The average Bonchev–Trinajstić information content (AvgIpc) is 2.73. The summed E-state index contributed by atoms with van der Waals surface area (Å²) in [6.45, 7) is 4.36. The summed E-state index contributed by atoms with van der Waals surface area (Å²) in [7, 11) is 0. The third kappa shape index (κ3) is 2.11. The van der Waals surface area contributed by atoms with Gasteiger partial charge in [-0.2, -0.15) is 0 Å². The van der Waals surface area contributed by atoms with Gasteiger partial charge in [0.05, 0.1) is 0 Å². The largest absolute Gasteiger partial charge is 0.461 e. The van der Waals surface area contributed by atoms with Gasteiger partial charge in [-0.05, 0) is 37.5 Å². The highest BCUT2D eigenvalue weighted by molar-refractivity contribution is 9.09. The van der Waals surface area contributed by atoms with Crippen LogP contribution < -0.4 is 0 Å². The van der Waals surface area contributed by atoms with Crippen molar-refractivity contribution in [2.24, 2.45) is 5.92 Å². The first-order valence-electron chi connectivity index (χ1n) is 5.03. The van der Waals surface area contributed by atoms with Crippen LogP contribution in [0.25, 0.3) is 6.08 Å². The van der Waals surface area contributed by atoms with E-state index in [-0.39, 0.29) is 0 Å². The fourth-order valence-electron chi connectivity index (χ4n) is 1.65. The van der Waals surface area contributed by atoms with Gasteiger partial charge in [0.2, 0.25) is 0 Å². The number of furan rings is 1. The monoisotopic (exact) mass is 254 g/mol. The van der Waals surface area contributed by atoms with Gasteiger partial charge in [-0.25, -0.2) is 0 Å². The predicted octanol–water partition coefficient (Wildman–Crippen LogP) is 4.20. The lowest BCUT2D eigenvalue weighted by Crippen LogP contribution is -1.76. The van der Waals surface area contributed by atoms with Crippen molar-refractivity contribution in [1.82, 2.24) is 0 Å². The zero-order valence-electron chi connectivity index (χ0n) is 8.59. The minimum Gasteiger partial charge on any atom is -0.461 e. The number of hydrogen-bond acceptors (Lipinski definition) is 1. The highest BCUT2D eigenvalue weighted by atomic mass is 79.9. The van der Waals surface area contributed by atoms with Crippen LogP contribution in [-0.4, -0.2) is 5.33 Å². The average molecular weight is 255 g/mol. The molecule has 1 saturated carbocycles. The molecule has 0 radical (unpaired) electrons. The van der Waals surface area contributed by atoms with E-state index < -0.39 is 0 Å². The molecule has 0 aromatic carbocycles. The van der Waals surface area contributed by atoms with E-state index in [0.717, 1.165) is 22.8 Å². The van der Waals surface area contributed by atoms with E-state index in [1.807, 2.05) is 0 Å². The van der Waals surface area contributed by atoms with Gasteiger partial charge in [-0.15, -0.1) is 0 Å². The lowest BCUT2D eigenvalue weighted by atomic mass is 10.2. The van der Waals surface area contributed by atoms with Crippen LogP contribution in [0.5, 0.6) is 0 Å². The maximum Gasteiger partial charge on any atom is 0.127 e. The number of alkyl halides is 1. The van der Waals surface area contributed by atoms with E-state index in [1.165, 1.54) is 12.0 Å². The van der Waals surface area contributed by atoms with E-state index in [2.05, 4.69) is 48.0 Å². The smallest absolute Gasteiger partial charge is 0.127 e. The highest BCUT2D eigenvalue weighted by Crippen LogP contribution is 2.47. The van der Waals surface area contributed by atoms with Gasteiger partial charge in [-0.1, -0.05) is 28.4 Å². The molecule has 1 nitrogen and oxygen atoms in total. The molecule has 0 N–H and O–H groups in total. The summed E-state index contributed by atoms with van der Waals surface area (Å²) < 4.78 is 5.75. The van der Waals surface area contributed by atoms with Crippen LogP contribution in [0.2, 0.25) is 0 Å². The van der Waals surface area contributed by atoms with Crippen molar-refractivity contribution in [2.75, 3.05) is 5.33 Å². The maximum atomic E-state index is 5.75. The quantitative estimate of drug-likeness (QED) is 0.737. The van der Waals surface area contributed by atoms with Crippen LogP contribution in [0.1, 0.15) is 37.7 Å². The molecule has 0 saturated heterocycles. The number of rotatable bonds is 3. The van der Waals surface area contributed by atoms with E-state index in [1.54, 1.807) is 0 Å². The van der Waals surface area contributed by atoms with Crippen molar-refractivity contribution >= 4 is 22.0 Å². The molecule has 76 valence electrons. The maximum absolute atomic E-state index is 5.75. The third-order valence-electron chi connectivity index (χ3n) is 2.72. The second-order valence-electron chi connectivity index (χ2n) is 4.18. The van der Waals surface area contributed by atoms with Gasteiger partial charge >= 0.3 is 0 Å². The van der Waals surface area contributed by atoms with Crippen LogP contribution in [0, 0.1) is 5.92 Å². The first-order valence-corrected chi connectivity index (χ1v) is 6.15. The molecule has 2 heteroatoms. The molecule has 14 heavy (non-hydrogen) atoms. The Labute approximate surface area is 93.3 Å². The predicted molar refractivity (Wildman–Crippen MR) is 62.7 cm³/mol. The number of allylic oxidation sites excluding steroid dienone is 1. The lowest BCUT2D eigenvalue weighted by Gasteiger charge is -1.92. The van der Waals surface area contributed by atoms with Crippen molar-refractivity contribution in [3.05, 3.63) is 29.2 Å².